The standard InChI is InChI=1S/C18H23N5O2/c1-13(23-12-19-11-21-23)17(24)20-10-14-5-4-8-16(9-14)22-18(25)15-6-2-3-7-15/h4-5,8-9,11-13,15H,2-3,6-7,10H2,1H3,(H,20,24)(H,22,25). The predicted octanol–water partition coefficient (Wildman–Crippen LogP) is 2.28. The maximum absolute atomic E-state index is 12.2. The molecule has 2 amide bonds. The van der Waals surface area contributed by atoms with Crippen LogP contribution >= 0.6 is 0 Å². The Balaban J connectivity index is 1.54. The van der Waals surface area contributed by atoms with E-state index < -0.39 is 6.04 Å². The maximum atomic E-state index is 12.2. The number of nitrogens with one attached hydrogen (secondary N) is 2. The van der Waals surface area contributed by atoms with E-state index in [4.69, 9.17) is 0 Å². The number of hydrogen-bond acceptors (Lipinski definition) is 4. The topological polar surface area (TPSA) is 88.9 Å². The SMILES string of the molecule is CC(C(=O)NCc1cccc(NC(=O)C2CCCC2)c1)n1cncn1. The number of hydrogen-bond donors (Lipinski definition) is 2. The van der Waals surface area contributed by atoms with E-state index in [1.54, 1.807) is 6.92 Å². The normalized spacial score (nSPS) is 15.7. The fourth-order valence-electron chi connectivity index (χ4n) is 3.07. The molecule has 2 N–H and O–H groups in total. The van der Waals surface area contributed by atoms with Crippen molar-refractivity contribution in [1.29, 1.82) is 0 Å². The van der Waals surface area contributed by atoms with Gasteiger partial charge in [0, 0.05) is 18.2 Å². The quantitative estimate of drug-likeness (QED) is 0.843. The summed E-state index contributed by atoms with van der Waals surface area (Å²) in [6.45, 7) is 2.16. The van der Waals surface area contributed by atoms with Crippen LogP contribution in [0.2, 0.25) is 0 Å². The van der Waals surface area contributed by atoms with Gasteiger partial charge in [0.25, 0.3) is 0 Å². The van der Waals surface area contributed by atoms with E-state index in [0.717, 1.165) is 36.9 Å². The van der Waals surface area contributed by atoms with E-state index in [-0.39, 0.29) is 17.7 Å². The van der Waals surface area contributed by atoms with Crippen LogP contribution in [0.3, 0.4) is 0 Å². The zero-order chi connectivity index (χ0) is 17.6. The Morgan fingerprint density at radius 1 is 1.32 bits per heavy atom. The zero-order valence-corrected chi connectivity index (χ0v) is 14.3. The number of carbonyl (C=O) groups is 2. The van der Waals surface area contributed by atoms with Crippen LogP contribution in [-0.2, 0) is 16.1 Å². The van der Waals surface area contributed by atoms with Crippen molar-refractivity contribution >= 4 is 17.5 Å². The van der Waals surface area contributed by atoms with Crippen LogP contribution in [0.4, 0.5) is 5.69 Å². The highest BCUT2D eigenvalue weighted by Crippen LogP contribution is 2.26. The summed E-state index contributed by atoms with van der Waals surface area (Å²) in [5.74, 6) is 0.0938. The van der Waals surface area contributed by atoms with Gasteiger partial charge in [-0.25, -0.2) is 9.67 Å². The van der Waals surface area contributed by atoms with Crippen molar-refractivity contribution in [3.8, 4) is 0 Å². The highest BCUT2D eigenvalue weighted by atomic mass is 16.2. The van der Waals surface area contributed by atoms with Crippen LogP contribution in [0.5, 0.6) is 0 Å². The third kappa shape index (κ3) is 4.43. The first kappa shape index (κ1) is 17.1. The number of rotatable bonds is 6. The molecule has 132 valence electrons. The first-order valence-corrected chi connectivity index (χ1v) is 8.65. The Hall–Kier alpha value is -2.70. The van der Waals surface area contributed by atoms with Crippen LogP contribution in [0, 0.1) is 5.92 Å². The largest absolute Gasteiger partial charge is 0.350 e. The molecule has 7 heteroatoms. The van der Waals surface area contributed by atoms with E-state index in [0.29, 0.717) is 6.54 Å². The average Bonchev–Trinajstić information content (AvgIpc) is 3.32. The number of carbonyl (C=O) groups excluding carboxylic acids is 2. The second-order valence-corrected chi connectivity index (χ2v) is 6.44. The predicted molar refractivity (Wildman–Crippen MR) is 93.6 cm³/mol. The third-order valence-electron chi connectivity index (χ3n) is 4.60. The van der Waals surface area contributed by atoms with Crippen molar-refractivity contribution in [3.63, 3.8) is 0 Å². The molecule has 3 rings (SSSR count). The van der Waals surface area contributed by atoms with Crippen molar-refractivity contribution in [2.45, 2.75) is 45.2 Å². The van der Waals surface area contributed by atoms with Gasteiger partial charge < -0.3 is 10.6 Å². The Morgan fingerprint density at radius 2 is 2.12 bits per heavy atom. The summed E-state index contributed by atoms with van der Waals surface area (Å²) in [4.78, 5) is 28.2. The fourth-order valence-corrected chi connectivity index (χ4v) is 3.07. The highest BCUT2D eigenvalue weighted by molar-refractivity contribution is 5.92. The fraction of sp³-hybridized carbons (Fsp3) is 0.444. The Bertz CT molecular complexity index is 723. The van der Waals surface area contributed by atoms with Crippen molar-refractivity contribution in [3.05, 3.63) is 42.5 Å². The minimum atomic E-state index is -0.423. The zero-order valence-electron chi connectivity index (χ0n) is 14.3. The highest BCUT2D eigenvalue weighted by Gasteiger charge is 2.22. The minimum absolute atomic E-state index is 0.0958. The minimum Gasteiger partial charge on any atom is -0.350 e. The Morgan fingerprint density at radius 3 is 2.84 bits per heavy atom. The van der Waals surface area contributed by atoms with Crippen LogP contribution in [0.1, 0.15) is 44.2 Å². The molecule has 0 radical (unpaired) electrons. The van der Waals surface area contributed by atoms with Gasteiger partial charge in [-0.3, -0.25) is 9.59 Å². The molecule has 0 aliphatic heterocycles. The first-order valence-electron chi connectivity index (χ1n) is 8.65. The molecular formula is C18H23N5O2. The van der Waals surface area contributed by atoms with Gasteiger partial charge >= 0.3 is 0 Å². The molecule has 1 heterocycles. The van der Waals surface area contributed by atoms with Crippen molar-refractivity contribution in [1.82, 2.24) is 20.1 Å². The van der Waals surface area contributed by atoms with Crippen molar-refractivity contribution in [2.75, 3.05) is 5.32 Å². The van der Waals surface area contributed by atoms with Gasteiger partial charge in [-0.2, -0.15) is 5.10 Å². The molecule has 1 unspecified atom stereocenters. The van der Waals surface area contributed by atoms with Crippen LogP contribution in [0.25, 0.3) is 0 Å². The summed E-state index contributed by atoms with van der Waals surface area (Å²) in [6.07, 6.45) is 7.13. The number of nitrogens with zero attached hydrogens (tertiary/aromatic N) is 3. The van der Waals surface area contributed by atoms with E-state index in [1.165, 1.54) is 17.3 Å². The lowest BCUT2D eigenvalue weighted by atomic mass is 10.1. The van der Waals surface area contributed by atoms with E-state index in [9.17, 15) is 9.59 Å². The van der Waals surface area contributed by atoms with Crippen molar-refractivity contribution < 1.29 is 9.59 Å². The molecule has 0 spiro atoms. The molecule has 0 saturated heterocycles. The number of amides is 2. The van der Waals surface area contributed by atoms with Crippen LogP contribution in [-0.4, -0.2) is 26.6 Å². The second kappa shape index (κ2) is 7.92. The molecule has 1 aliphatic carbocycles. The smallest absolute Gasteiger partial charge is 0.244 e. The Kier molecular flexibility index (Phi) is 5.42. The molecule has 1 saturated carbocycles. The van der Waals surface area contributed by atoms with E-state index >= 15 is 0 Å². The maximum Gasteiger partial charge on any atom is 0.244 e. The van der Waals surface area contributed by atoms with Gasteiger partial charge in [0.1, 0.15) is 18.7 Å². The van der Waals surface area contributed by atoms with Crippen LogP contribution in [0.15, 0.2) is 36.9 Å². The number of benzene rings is 1. The number of anilines is 1. The Labute approximate surface area is 146 Å². The summed E-state index contributed by atoms with van der Waals surface area (Å²) in [7, 11) is 0. The summed E-state index contributed by atoms with van der Waals surface area (Å²) in [6, 6.07) is 7.15. The number of aromatic nitrogens is 3. The summed E-state index contributed by atoms with van der Waals surface area (Å²) < 4.78 is 1.51. The van der Waals surface area contributed by atoms with Crippen LogP contribution < -0.4 is 10.6 Å². The molecule has 1 aromatic heterocycles. The molecule has 1 aliphatic rings. The molecule has 1 fully saturated rings. The van der Waals surface area contributed by atoms with Gasteiger partial charge in [-0.15, -0.1) is 0 Å². The van der Waals surface area contributed by atoms with Gasteiger partial charge in [0.2, 0.25) is 11.8 Å². The first-order chi connectivity index (χ1) is 12.1. The molecular weight excluding hydrogens is 318 g/mol. The molecule has 7 nitrogen and oxygen atoms in total. The molecule has 0 bridgehead atoms. The monoisotopic (exact) mass is 341 g/mol. The molecule has 2 aromatic rings. The van der Waals surface area contributed by atoms with E-state index in [1.807, 2.05) is 24.3 Å². The van der Waals surface area contributed by atoms with Gasteiger partial charge in [0.05, 0.1) is 0 Å². The second-order valence-electron chi connectivity index (χ2n) is 6.44. The molecule has 25 heavy (non-hydrogen) atoms. The lowest BCUT2D eigenvalue weighted by molar-refractivity contribution is -0.124. The van der Waals surface area contributed by atoms with Crippen molar-refractivity contribution in [2.24, 2.45) is 5.92 Å². The summed E-state index contributed by atoms with van der Waals surface area (Å²) in [5.41, 5.74) is 1.70. The van der Waals surface area contributed by atoms with E-state index in [2.05, 4.69) is 20.7 Å². The lowest BCUT2D eigenvalue weighted by Gasteiger charge is -2.13. The summed E-state index contributed by atoms with van der Waals surface area (Å²) >= 11 is 0. The van der Waals surface area contributed by atoms with Gasteiger partial charge in [-0.05, 0) is 37.5 Å². The molecule has 1 atom stereocenters. The molecule has 1 aromatic carbocycles. The third-order valence-corrected chi connectivity index (χ3v) is 4.60. The summed E-state index contributed by atoms with van der Waals surface area (Å²) in [5, 5.41) is 9.84. The lowest BCUT2D eigenvalue weighted by Crippen LogP contribution is -2.30. The van der Waals surface area contributed by atoms with Gasteiger partial charge in [0.15, 0.2) is 0 Å². The van der Waals surface area contributed by atoms with Gasteiger partial charge in [-0.1, -0.05) is 25.0 Å². The average molecular weight is 341 g/mol.